The van der Waals surface area contributed by atoms with Gasteiger partial charge in [0.25, 0.3) is 0 Å². The molecule has 0 aliphatic carbocycles. The highest BCUT2D eigenvalue weighted by molar-refractivity contribution is 5.67. The Balaban J connectivity index is 2.39. The van der Waals surface area contributed by atoms with Gasteiger partial charge in [0.1, 0.15) is 5.60 Å². The van der Waals surface area contributed by atoms with Gasteiger partial charge in [0.2, 0.25) is 0 Å². The minimum Gasteiger partial charge on any atom is -0.444 e. The molecule has 0 radical (unpaired) electrons. The third kappa shape index (κ3) is 5.37. The van der Waals surface area contributed by atoms with Gasteiger partial charge < -0.3 is 15.8 Å². The number of rotatable bonds is 4. The summed E-state index contributed by atoms with van der Waals surface area (Å²) in [6.07, 6.45) is -0.369. The molecule has 112 valence electrons. The lowest BCUT2D eigenvalue weighted by molar-refractivity contribution is 0.0511. The van der Waals surface area contributed by atoms with Crippen LogP contribution in [0.4, 0.5) is 4.79 Å². The fraction of sp³-hybridized carbons (Fsp3) is 0.929. The lowest BCUT2D eigenvalue weighted by atomic mass is 10.0. The molecule has 1 amide bonds. The fourth-order valence-corrected chi connectivity index (χ4v) is 2.35. The number of nitrogens with zero attached hydrogens (tertiary/aromatic N) is 1. The van der Waals surface area contributed by atoms with E-state index in [-0.39, 0.29) is 12.1 Å². The summed E-state index contributed by atoms with van der Waals surface area (Å²) in [7, 11) is 0. The summed E-state index contributed by atoms with van der Waals surface area (Å²) < 4.78 is 5.23. The number of nitrogens with one attached hydrogen (secondary N) is 1. The SMILES string of the molecule is CC1CN(C(CN)CNC(=O)OC(C)(C)C)CC1C. The lowest BCUT2D eigenvalue weighted by Gasteiger charge is -2.27. The Bertz CT molecular complexity index is 292. The van der Waals surface area contributed by atoms with Crippen molar-refractivity contribution >= 4 is 6.09 Å². The maximum Gasteiger partial charge on any atom is 0.407 e. The topological polar surface area (TPSA) is 67.6 Å². The number of ether oxygens (including phenoxy) is 1. The first kappa shape index (κ1) is 16.2. The van der Waals surface area contributed by atoms with Gasteiger partial charge in [-0.1, -0.05) is 13.8 Å². The first-order chi connectivity index (χ1) is 8.73. The van der Waals surface area contributed by atoms with E-state index in [0.29, 0.717) is 24.9 Å². The van der Waals surface area contributed by atoms with E-state index < -0.39 is 5.60 Å². The Morgan fingerprint density at radius 1 is 1.37 bits per heavy atom. The van der Waals surface area contributed by atoms with Crippen molar-refractivity contribution in [1.29, 1.82) is 0 Å². The van der Waals surface area contributed by atoms with Gasteiger partial charge in [0.15, 0.2) is 0 Å². The lowest BCUT2D eigenvalue weighted by Crippen LogP contribution is -2.48. The third-order valence-electron chi connectivity index (χ3n) is 3.69. The Kier molecular flexibility index (Phi) is 5.62. The molecule has 0 aromatic carbocycles. The number of amides is 1. The van der Waals surface area contributed by atoms with Gasteiger partial charge in [0.05, 0.1) is 0 Å². The van der Waals surface area contributed by atoms with Gasteiger partial charge in [-0.05, 0) is 32.6 Å². The van der Waals surface area contributed by atoms with Crippen LogP contribution in [0.2, 0.25) is 0 Å². The van der Waals surface area contributed by atoms with E-state index in [1.165, 1.54) is 0 Å². The Morgan fingerprint density at radius 2 is 1.89 bits per heavy atom. The van der Waals surface area contributed by atoms with Crippen LogP contribution in [0.15, 0.2) is 0 Å². The molecule has 0 bridgehead atoms. The summed E-state index contributed by atoms with van der Waals surface area (Å²) in [5.41, 5.74) is 5.36. The first-order valence-electron chi connectivity index (χ1n) is 7.14. The second kappa shape index (κ2) is 6.57. The summed E-state index contributed by atoms with van der Waals surface area (Å²) in [4.78, 5) is 14.0. The Labute approximate surface area is 116 Å². The molecule has 3 unspecified atom stereocenters. The van der Waals surface area contributed by atoms with E-state index in [9.17, 15) is 4.79 Å². The van der Waals surface area contributed by atoms with Crippen LogP contribution in [-0.4, -0.2) is 48.8 Å². The highest BCUT2D eigenvalue weighted by Crippen LogP contribution is 2.23. The average molecular weight is 271 g/mol. The molecule has 1 fully saturated rings. The standard InChI is InChI=1S/C14H29N3O2/c1-10-8-17(9-11(10)2)12(6-15)7-16-13(18)19-14(3,4)5/h10-12H,6-9,15H2,1-5H3,(H,16,18). The summed E-state index contributed by atoms with van der Waals surface area (Å²) >= 11 is 0. The van der Waals surface area contributed by atoms with Crippen molar-refractivity contribution in [1.82, 2.24) is 10.2 Å². The first-order valence-corrected chi connectivity index (χ1v) is 7.14. The van der Waals surface area contributed by atoms with E-state index in [4.69, 9.17) is 10.5 Å². The highest BCUT2D eigenvalue weighted by Gasteiger charge is 2.30. The van der Waals surface area contributed by atoms with Crippen molar-refractivity contribution in [2.75, 3.05) is 26.2 Å². The molecule has 0 aromatic rings. The third-order valence-corrected chi connectivity index (χ3v) is 3.69. The van der Waals surface area contributed by atoms with Crippen molar-refractivity contribution in [2.45, 2.75) is 46.3 Å². The molecule has 1 saturated heterocycles. The van der Waals surface area contributed by atoms with Gasteiger partial charge in [-0.2, -0.15) is 0 Å². The normalized spacial score (nSPS) is 26.2. The van der Waals surface area contributed by atoms with Crippen molar-refractivity contribution in [3.63, 3.8) is 0 Å². The van der Waals surface area contributed by atoms with E-state index >= 15 is 0 Å². The van der Waals surface area contributed by atoms with Crippen LogP contribution in [0.25, 0.3) is 0 Å². The molecule has 1 aliphatic rings. The van der Waals surface area contributed by atoms with Crippen LogP contribution >= 0.6 is 0 Å². The summed E-state index contributed by atoms with van der Waals surface area (Å²) in [6.45, 7) is 13.3. The van der Waals surface area contributed by atoms with Crippen molar-refractivity contribution in [3.8, 4) is 0 Å². The number of carbonyl (C=O) groups excluding carboxylic acids is 1. The minimum absolute atomic E-state index is 0.194. The van der Waals surface area contributed by atoms with Gasteiger partial charge >= 0.3 is 6.09 Å². The van der Waals surface area contributed by atoms with E-state index in [1.807, 2.05) is 20.8 Å². The highest BCUT2D eigenvalue weighted by atomic mass is 16.6. The van der Waals surface area contributed by atoms with Crippen LogP contribution in [0.1, 0.15) is 34.6 Å². The number of carbonyl (C=O) groups is 1. The summed E-state index contributed by atoms with van der Waals surface area (Å²) in [5, 5.41) is 2.81. The molecule has 1 aliphatic heterocycles. The van der Waals surface area contributed by atoms with Gasteiger partial charge in [0, 0.05) is 32.2 Å². The molecule has 3 N–H and O–H groups in total. The van der Waals surface area contributed by atoms with E-state index in [1.54, 1.807) is 0 Å². The van der Waals surface area contributed by atoms with Crippen LogP contribution in [0, 0.1) is 11.8 Å². The predicted molar refractivity (Wildman–Crippen MR) is 77.0 cm³/mol. The zero-order valence-electron chi connectivity index (χ0n) is 12.9. The predicted octanol–water partition coefficient (Wildman–Crippen LogP) is 1.43. The number of nitrogens with two attached hydrogens (primary N) is 1. The quantitative estimate of drug-likeness (QED) is 0.811. The van der Waals surface area contributed by atoms with Crippen molar-refractivity contribution < 1.29 is 9.53 Å². The van der Waals surface area contributed by atoms with Gasteiger partial charge in [-0.3, -0.25) is 4.90 Å². The molecule has 3 atom stereocenters. The molecule has 1 heterocycles. The number of alkyl carbamates (subject to hydrolysis) is 1. The van der Waals surface area contributed by atoms with Crippen LogP contribution in [-0.2, 0) is 4.74 Å². The number of hydrogen-bond donors (Lipinski definition) is 2. The molecule has 0 saturated carbocycles. The molecular formula is C14H29N3O2. The summed E-state index contributed by atoms with van der Waals surface area (Å²) in [6, 6.07) is 0.194. The molecule has 19 heavy (non-hydrogen) atoms. The van der Waals surface area contributed by atoms with Gasteiger partial charge in [-0.15, -0.1) is 0 Å². The summed E-state index contributed by atoms with van der Waals surface area (Å²) in [5.74, 6) is 1.38. The zero-order valence-corrected chi connectivity index (χ0v) is 12.9. The fourth-order valence-electron chi connectivity index (χ4n) is 2.35. The second-order valence-corrected chi connectivity index (χ2v) is 6.68. The second-order valence-electron chi connectivity index (χ2n) is 6.68. The Hall–Kier alpha value is -0.810. The van der Waals surface area contributed by atoms with Crippen LogP contribution in [0.5, 0.6) is 0 Å². The maximum atomic E-state index is 11.6. The molecule has 5 heteroatoms. The average Bonchev–Trinajstić information content (AvgIpc) is 2.57. The smallest absolute Gasteiger partial charge is 0.407 e. The van der Waals surface area contributed by atoms with Crippen molar-refractivity contribution in [3.05, 3.63) is 0 Å². The molecular weight excluding hydrogens is 242 g/mol. The number of hydrogen-bond acceptors (Lipinski definition) is 4. The zero-order chi connectivity index (χ0) is 14.6. The molecule has 5 nitrogen and oxygen atoms in total. The van der Waals surface area contributed by atoms with Gasteiger partial charge in [-0.25, -0.2) is 4.79 Å². The van der Waals surface area contributed by atoms with Crippen LogP contribution < -0.4 is 11.1 Å². The molecule has 0 aromatic heterocycles. The van der Waals surface area contributed by atoms with E-state index in [2.05, 4.69) is 24.1 Å². The molecule has 0 spiro atoms. The van der Waals surface area contributed by atoms with Crippen LogP contribution in [0.3, 0.4) is 0 Å². The molecule has 1 rings (SSSR count). The van der Waals surface area contributed by atoms with E-state index in [0.717, 1.165) is 13.1 Å². The Morgan fingerprint density at radius 3 is 2.32 bits per heavy atom. The number of likely N-dealkylation sites (tertiary alicyclic amines) is 1. The monoisotopic (exact) mass is 271 g/mol. The van der Waals surface area contributed by atoms with Crippen molar-refractivity contribution in [2.24, 2.45) is 17.6 Å². The largest absolute Gasteiger partial charge is 0.444 e. The maximum absolute atomic E-state index is 11.6. The minimum atomic E-state index is -0.459.